The van der Waals surface area contributed by atoms with Gasteiger partial charge in [-0.25, -0.2) is 0 Å². The van der Waals surface area contributed by atoms with Gasteiger partial charge in [0.1, 0.15) is 11.9 Å². The second-order valence-electron chi connectivity index (χ2n) is 5.52. The molecule has 1 aromatic carbocycles. The van der Waals surface area contributed by atoms with Gasteiger partial charge in [0.15, 0.2) is 5.78 Å². The van der Waals surface area contributed by atoms with E-state index in [1.54, 1.807) is 36.4 Å². The Morgan fingerprint density at radius 3 is 2.52 bits per heavy atom. The van der Waals surface area contributed by atoms with Crippen LogP contribution in [-0.2, 0) is 4.79 Å². The number of ketones is 1. The van der Waals surface area contributed by atoms with Crippen LogP contribution >= 0.6 is 0 Å². The number of carbonyl (C=O) groups is 2. The highest BCUT2D eigenvalue weighted by atomic mass is 16.4. The van der Waals surface area contributed by atoms with E-state index in [9.17, 15) is 14.7 Å². The second kappa shape index (κ2) is 8.29. The monoisotopic (exact) mass is 315 g/mol. The molecule has 0 aliphatic heterocycles. The van der Waals surface area contributed by atoms with Gasteiger partial charge < -0.3 is 14.8 Å². The molecule has 122 valence electrons. The van der Waals surface area contributed by atoms with Crippen LogP contribution in [0, 0.1) is 0 Å². The van der Waals surface area contributed by atoms with E-state index >= 15 is 0 Å². The van der Waals surface area contributed by atoms with Crippen LogP contribution in [0.5, 0.6) is 0 Å². The molecule has 0 bridgehead atoms. The van der Waals surface area contributed by atoms with Crippen molar-refractivity contribution >= 4 is 11.7 Å². The smallest absolute Gasteiger partial charge is 0.220 e. The van der Waals surface area contributed by atoms with Gasteiger partial charge in [0.25, 0.3) is 0 Å². The third-order valence-corrected chi connectivity index (χ3v) is 3.53. The highest BCUT2D eigenvalue weighted by Crippen LogP contribution is 2.18. The normalized spacial score (nSPS) is 13.3. The molecule has 2 rings (SSSR count). The number of Topliss-reactive ketones (excluding diaryl/α,β-unsaturated/α-hetero) is 1. The molecule has 5 heteroatoms. The van der Waals surface area contributed by atoms with E-state index < -0.39 is 6.10 Å². The quantitative estimate of drug-likeness (QED) is 0.734. The maximum atomic E-state index is 11.9. The van der Waals surface area contributed by atoms with Gasteiger partial charge in [-0.05, 0) is 19.1 Å². The van der Waals surface area contributed by atoms with Crippen molar-refractivity contribution in [2.24, 2.45) is 0 Å². The van der Waals surface area contributed by atoms with E-state index in [4.69, 9.17) is 4.42 Å². The molecule has 2 unspecified atom stereocenters. The van der Waals surface area contributed by atoms with Gasteiger partial charge in [0.2, 0.25) is 5.91 Å². The van der Waals surface area contributed by atoms with Crippen molar-refractivity contribution < 1.29 is 19.1 Å². The van der Waals surface area contributed by atoms with Gasteiger partial charge >= 0.3 is 0 Å². The van der Waals surface area contributed by atoms with E-state index in [1.165, 1.54) is 6.26 Å². The molecule has 5 nitrogen and oxygen atoms in total. The topological polar surface area (TPSA) is 79.5 Å². The lowest BCUT2D eigenvalue weighted by atomic mass is 10.1. The maximum Gasteiger partial charge on any atom is 0.220 e. The molecule has 1 heterocycles. The Kier molecular flexibility index (Phi) is 6.11. The van der Waals surface area contributed by atoms with Crippen molar-refractivity contribution in [3.63, 3.8) is 0 Å². The maximum absolute atomic E-state index is 11.9. The standard InChI is InChI=1S/C18H21NO4/c1-13(12-16(21)17-8-5-11-23-17)19-18(22)10-9-15(20)14-6-3-2-4-7-14/h2-8,11,13,16,21H,9-10,12H2,1H3,(H,19,22). The fourth-order valence-electron chi connectivity index (χ4n) is 2.33. The van der Waals surface area contributed by atoms with E-state index in [0.717, 1.165) is 0 Å². The van der Waals surface area contributed by atoms with Crippen LogP contribution in [0.3, 0.4) is 0 Å². The van der Waals surface area contributed by atoms with Crippen molar-refractivity contribution in [2.45, 2.75) is 38.3 Å². The minimum atomic E-state index is -0.758. The first-order chi connectivity index (χ1) is 11.1. The molecule has 23 heavy (non-hydrogen) atoms. The zero-order valence-corrected chi connectivity index (χ0v) is 13.1. The first-order valence-electron chi connectivity index (χ1n) is 7.65. The number of hydrogen-bond donors (Lipinski definition) is 2. The van der Waals surface area contributed by atoms with Crippen LogP contribution in [0.2, 0.25) is 0 Å². The first-order valence-corrected chi connectivity index (χ1v) is 7.65. The lowest BCUT2D eigenvalue weighted by Crippen LogP contribution is -2.33. The summed E-state index contributed by atoms with van der Waals surface area (Å²) >= 11 is 0. The summed E-state index contributed by atoms with van der Waals surface area (Å²) in [6.07, 6.45) is 1.40. The Bertz CT molecular complexity index is 622. The lowest BCUT2D eigenvalue weighted by Gasteiger charge is -2.16. The van der Waals surface area contributed by atoms with Crippen LogP contribution in [0.4, 0.5) is 0 Å². The van der Waals surface area contributed by atoms with E-state index in [2.05, 4.69) is 5.32 Å². The summed E-state index contributed by atoms with van der Waals surface area (Å²) in [5.41, 5.74) is 0.613. The summed E-state index contributed by atoms with van der Waals surface area (Å²) in [5.74, 6) is 0.225. The molecule has 2 N–H and O–H groups in total. The predicted octanol–water partition coefficient (Wildman–Crippen LogP) is 2.87. The number of carbonyl (C=O) groups excluding carboxylic acids is 2. The number of aliphatic hydroxyl groups is 1. The Balaban J connectivity index is 1.73. The zero-order valence-electron chi connectivity index (χ0n) is 13.1. The summed E-state index contributed by atoms with van der Waals surface area (Å²) in [6.45, 7) is 1.81. The summed E-state index contributed by atoms with van der Waals surface area (Å²) in [4.78, 5) is 23.8. The highest BCUT2D eigenvalue weighted by Gasteiger charge is 2.17. The second-order valence-corrected chi connectivity index (χ2v) is 5.52. The molecule has 1 amide bonds. The van der Waals surface area contributed by atoms with Crippen molar-refractivity contribution in [2.75, 3.05) is 0 Å². The van der Waals surface area contributed by atoms with Gasteiger partial charge in [0.05, 0.1) is 6.26 Å². The van der Waals surface area contributed by atoms with Gasteiger partial charge in [-0.2, -0.15) is 0 Å². The van der Waals surface area contributed by atoms with Crippen LogP contribution in [0.25, 0.3) is 0 Å². The van der Waals surface area contributed by atoms with Crippen molar-refractivity contribution in [1.82, 2.24) is 5.32 Å². The van der Waals surface area contributed by atoms with Crippen molar-refractivity contribution in [1.29, 1.82) is 0 Å². The number of aliphatic hydroxyl groups excluding tert-OH is 1. The Morgan fingerprint density at radius 2 is 1.87 bits per heavy atom. The minimum Gasteiger partial charge on any atom is -0.467 e. The highest BCUT2D eigenvalue weighted by molar-refractivity contribution is 5.97. The summed E-state index contributed by atoms with van der Waals surface area (Å²) in [5, 5.41) is 12.7. The summed E-state index contributed by atoms with van der Waals surface area (Å²) in [6, 6.07) is 12.1. The first kappa shape index (κ1) is 17.0. The van der Waals surface area contributed by atoms with Gasteiger partial charge in [-0.1, -0.05) is 30.3 Å². The van der Waals surface area contributed by atoms with Crippen LogP contribution in [-0.4, -0.2) is 22.8 Å². The molecule has 0 fully saturated rings. The average Bonchev–Trinajstić information content (AvgIpc) is 3.08. The van der Waals surface area contributed by atoms with E-state index in [-0.39, 0.29) is 30.6 Å². The SMILES string of the molecule is CC(CC(O)c1ccco1)NC(=O)CCC(=O)c1ccccc1. The van der Waals surface area contributed by atoms with Crippen LogP contribution < -0.4 is 5.32 Å². The van der Waals surface area contributed by atoms with Gasteiger partial charge in [-0.15, -0.1) is 0 Å². The number of furan rings is 1. The summed E-state index contributed by atoms with van der Waals surface area (Å²) in [7, 11) is 0. The number of benzene rings is 1. The Morgan fingerprint density at radius 1 is 1.13 bits per heavy atom. The molecule has 2 atom stereocenters. The van der Waals surface area contributed by atoms with Crippen molar-refractivity contribution in [3.05, 3.63) is 60.1 Å². The number of nitrogens with one attached hydrogen (secondary N) is 1. The molecule has 0 saturated heterocycles. The van der Waals surface area contributed by atoms with Gasteiger partial charge in [0, 0.05) is 30.9 Å². The molecule has 1 aromatic heterocycles. The molecule has 0 saturated carbocycles. The van der Waals surface area contributed by atoms with Crippen LogP contribution in [0.1, 0.15) is 48.4 Å². The molecule has 0 aliphatic carbocycles. The average molecular weight is 315 g/mol. The number of rotatable bonds is 8. The minimum absolute atomic E-state index is 0.0518. The van der Waals surface area contributed by atoms with E-state index in [0.29, 0.717) is 17.7 Å². The van der Waals surface area contributed by atoms with Crippen LogP contribution in [0.15, 0.2) is 53.1 Å². The van der Waals surface area contributed by atoms with Gasteiger partial charge in [-0.3, -0.25) is 9.59 Å². The fourth-order valence-corrected chi connectivity index (χ4v) is 2.33. The van der Waals surface area contributed by atoms with E-state index in [1.807, 2.05) is 13.0 Å². The molecular weight excluding hydrogens is 294 g/mol. The fraction of sp³-hybridized carbons (Fsp3) is 0.333. The Labute approximate surface area is 135 Å². The lowest BCUT2D eigenvalue weighted by molar-refractivity contribution is -0.121. The largest absolute Gasteiger partial charge is 0.467 e. The Hall–Kier alpha value is -2.40. The summed E-state index contributed by atoms with van der Waals surface area (Å²) < 4.78 is 5.12. The third kappa shape index (κ3) is 5.38. The predicted molar refractivity (Wildman–Crippen MR) is 85.9 cm³/mol. The molecule has 0 radical (unpaired) electrons. The van der Waals surface area contributed by atoms with Crippen molar-refractivity contribution in [3.8, 4) is 0 Å². The molecule has 0 spiro atoms. The number of hydrogen-bond acceptors (Lipinski definition) is 4. The number of amides is 1. The zero-order chi connectivity index (χ0) is 16.7. The molecular formula is C18H21NO4. The third-order valence-electron chi connectivity index (χ3n) is 3.53. The molecule has 2 aromatic rings. The molecule has 0 aliphatic rings.